The summed E-state index contributed by atoms with van der Waals surface area (Å²) in [6.45, 7) is 9.56. The predicted octanol–water partition coefficient (Wildman–Crippen LogP) is 1.87. The molecule has 3 rings (SSSR count). The van der Waals surface area contributed by atoms with Crippen LogP contribution in [-0.2, 0) is 19.6 Å². The first-order chi connectivity index (χ1) is 10.2. The second kappa shape index (κ2) is 6.18. The van der Waals surface area contributed by atoms with Gasteiger partial charge in [-0.25, -0.2) is 0 Å². The standard InChI is InChI=1S/C17H26N4/c1-3-21-16(13-20-8-6-19(2)7-9-20)11-15-5-4-14(12-18)10-17(15)21/h4-5,10-11H,3,6-9,12-13,18H2,1-2H3. The summed E-state index contributed by atoms with van der Waals surface area (Å²) in [6.07, 6.45) is 0. The summed E-state index contributed by atoms with van der Waals surface area (Å²) in [6, 6.07) is 8.93. The van der Waals surface area contributed by atoms with Crippen molar-refractivity contribution in [2.75, 3.05) is 33.2 Å². The Morgan fingerprint density at radius 1 is 1.10 bits per heavy atom. The van der Waals surface area contributed by atoms with Gasteiger partial charge in [-0.3, -0.25) is 4.90 Å². The van der Waals surface area contributed by atoms with Gasteiger partial charge < -0.3 is 15.2 Å². The molecule has 0 unspecified atom stereocenters. The lowest BCUT2D eigenvalue weighted by molar-refractivity contribution is 0.146. The maximum atomic E-state index is 5.78. The molecule has 2 aromatic rings. The van der Waals surface area contributed by atoms with E-state index in [4.69, 9.17) is 5.73 Å². The third-order valence-corrected chi connectivity index (χ3v) is 4.59. The van der Waals surface area contributed by atoms with E-state index in [0.29, 0.717) is 6.54 Å². The van der Waals surface area contributed by atoms with Crippen molar-refractivity contribution < 1.29 is 0 Å². The van der Waals surface area contributed by atoms with Crippen molar-refractivity contribution in [3.8, 4) is 0 Å². The Morgan fingerprint density at radius 2 is 1.86 bits per heavy atom. The second-order valence-electron chi connectivity index (χ2n) is 6.06. The summed E-state index contributed by atoms with van der Waals surface area (Å²) in [7, 11) is 2.20. The third-order valence-electron chi connectivity index (χ3n) is 4.59. The van der Waals surface area contributed by atoms with E-state index in [9.17, 15) is 0 Å². The van der Waals surface area contributed by atoms with Gasteiger partial charge in [0.2, 0.25) is 0 Å². The van der Waals surface area contributed by atoms with Gasteiger partial charge in [0.05, 0.1) is 0 Å². The molecule has 21 heavy (non-hydrogen) atoms. The maximum absolute atomic E-state index is 5.78. The van der Waals surface area contributed by atoms with Crippen LogP contribution in [0, 0.1) is 0 Å². The van der Waals surface area contributed by atoms with Gasteiger partial charge in [0.1, 0.15) is 0 Å². The molecule has 2 N–H and O–H groups in total. The average molecular weight is 286 g/mol. The van der Waals surface area contributed by atoms with Crippen LogP contribution in [0.25, 0.3) is 10.9 Å². The zero-order valence-corrected chi connectivity index (χ0v) is 13.2. The highest BCUT2D eigenvalue weighted by molar-refractivity contribution is 5.82. The molecule has 4 nitrogen and oxygen atoms in total. The molecule has 0 amide bonds. The van der Waals surface area contributed by atoms with E-state index < -0.39 is 0 Å². The molecular weight excluding hydrogens is 260 g/mol. The number of nitrogens with two attached hydrogens (primary N) is 1. The van der Waals surface area contributed by atoms with Crippen LogP contribution in [0.2, 0.25) is 0 Å². The van der Waals surface area contributed by atoms with Crippen LogP contribution in [0.5, 0.6) is 0 Å². The molecule has 0 saturated carbocycles. The number of nitrogens with zero attached hydrogens (tertiary/aromatic N) is 3. The normalized spacial score (nSPS) is 17.7. The Hall–Kier alpha value is -1.36. The van der Waals surface area contributed by atoms with Gasteiger partial charge in [-0.1, -0.05) is 12.1 Å². The first-order valence-electron chi connectivity index (χ1n) is 7.93. The number of aryl methyl sites for hydroxylation is 1. The summed E-state index contributed by atoms with van der Waals surface area (Å²) in [4.78, 5) is 4.96. The van der Waals surface area contributed by atoms with Gasteiger partial charge in [-0.2, -0.15) is 0 Å². The molecule has 1 aliphatic rings. The van der Waals surface area contributed by atoms with Crippen LogP contribution >= 0.6 is 0 Å². The lowest BCUT2D eigenvalue weighted by Gasteiger charge is -2.32. The van der Waals surface area contributed by atoms with E-state index in [1.807, 2.05) is 0 Å². The van der Waals surface area contributed by atoms with Gasteiger partial charge in [0, 0.05) is 57.0 Å². The van der Waals surface area contributed by atoms with Gasteiger partial charge in [-0.15, -0.1) is 0 Å². The van der Waals surface area contributed by atoms with Crippen LogP contribution in [0.15, 0.2) is 24.3 Å². The van der Waals surface area contributed by atoms with Gasteiger partial charge in [0.15, 0.2) is 0 Å². The molecule has 0 radical (unpaired) electrons. The first-order valence-corrected chi connectivity index (χ1v) is 7.93. The molecule has 0 atom stereocenters. The minimum Gasteiger partial charge on any atom is -0.344 e. The molecule has 1 saturated heterocycles. The van der Waals surface area contributed by atoms with E-state index in [1.165, 1.54) is 35.2 Å². The Morgan fingerprint density at radius 3 is 2.52 bits per heavy atom. The van der Waals surface area contributed by atoms with Gasteiger partial charge >= 0.3 is 0 Å². The molecule has 114 valence electrons. The van der Waals surface area contributed by atoms with Gasteiger partial charge in [0.25, 0.3) is 0 Å². The lowest BCUT2D eigenvalue weighted by Crippen LogP contribution is -2.44. The van der Waals surface area contributed by atoms with Crippen molar-refractivity contribution in [3.63, 3.8) is 0 Å². The first kappa shape index (κ1) is 14.6. The molecule has 0 aliphatic carbocycles. The highest BCUT2D eigenvalue weighted by Crippen LogP contribution is 2.23. The molecule has 1 aromatic carbocycles. The van der Waals surface area contributed by atoms with E-state index in [0.717, 1.165) is 26.2 Å². The molecule has 1 aromatic heterocycles. The predicted molar refractivity (Wildman–Crippen MR) is 88.3 cm³/mol. The number of benzene rings is 1. The fourth-order valence-electron chi connectivity index (χ4n) is 3.22. The monoisotopic (exact) mass is 286 g/mol. The number of rotatable bonds is 4. The lowest BCUT2D eigenvalue weighted by atomic mass is 10.1. The van der Waals surface area contributed by atoms with Crippen LogP contribution in [0.4, 0.5) is 0 Å². The Bertz CT molecular complexity index is 609. The fourth-order valence-corrected chi connectivity index (χ4v) is 3.22. The number of aromatic nitrogens is 1. The molecule has 0 spiro atoms. The highest BCUT2D eigenvalue weighted by atomic mass is 15.2. The zero-order valence-electron chi connectivity index (χ0n) is 13.2. The molecule has 0 bridgehead atoms. The summed E-state index contributed by atoms with van der Waals surface area (Å²) in [5.41, 5.74) is 9.74. The van der Waals surface area contributed by atoms with Crippen molar-refractivity contribution in [1.82, 2.24) is 14.4 Å². The minimum atomic E-state index is 0.610. The van der Waals surface area contributed by atoms with Crippen LogP contribution < -0.4 is 5.73 Å². The third kappa shape index (κ3) is 2.98. The SMILES string of the molecule is CCn1c(CN2CCN(C)CC2)cc2ccc(CN)cc21. The number of fused-ring (bicyclic) bond motifs is 1. The molecule has 1 aliphatic heterocycles. The fraction of sp³-hybridized carbons (Fsp3) is 0.529. The quantitative estimate of drug-likeness (QED) is 0.932. The van der Waals surface area contributed by atoms with Crippen molar-refractivity contribution in [2.24, 2.45) is 5.73 Å². The Labute approximate surface area is 127 Å². The topological polar surface area (TPSA) is 37.4 Å². The number of likely N-dealkylation sites (N-methyl/N-ethyl adjacent to an activating group) is 1. The summed E-state index contributed by atoms with van der Waals surface area (Å²) in [5, 5.41) is 1.33. The highest BCUT2D eigenvalue weighted by Gasteiger charge is 2.16. The Balaban J connectivity index is 1.87. The molecule has 1 fully saturated rings. The minimum absolute atomic E-state index is 0.610. The van der Waals surface area contributed by atoms with Crippen LogP contribution in [0.3, 0.4) is 0 Å². The maximum Gasteiger partial charge on any atom is 0.0486 e. The van der Waals surface area contributed by atoms with E-state index >= 15 is 0 Å². The summed E-state index contributed by atoms with van der Waals surface area (Å²) >= 11 is 0. The Kier molecular flexibility index (Phi) is 4.29. The van der Waals surface area contributed by atoms with Crippen molar-refractivity contribution >= 4 is 10.9 Å². The number of hydrogen-bond donors (Lipinski definition) is 1. The van der Waals surface area contributed by atoms with Crippen molar-refractivity contribution in [3.05, 3.63) is 35.5 Å². The smallest absolute Gasteiger partial charge is 0.0486 e. The van der Waals surface area contributed by atoms with Gasteiger partial charge in [-0.05, 0) is 37.1 Å². The molecular formula is C17H26N4. The molecule has 2 heterocycles. The van der Waals surface area contributed by atoms with Crippen molar-refractivity contribution in [2.45, 2.75) is 26.6 Å². The number of piperazine rings is 1. The summed E-state index contributed by atoms with van der Waals surface area (Å²) in [5.74, 6) is 0. The zero-order chi connectivity index (χ0) is 14.8. The van der Waals surface area contributed by atoms with E-state index in [1.54, 1.807) is 0 Å². The van der Waals surface area contributed by atoms with Crippen LogP contribution in [-0.4, -0.2) is 47.6 Å². The number of hydrogen-bond acceptors (Lipinski definition) is 3. The van der Waals surface area contributed by atoms with E-state index in [2.05, 4.69) is 52.6 Å². The molecule has 4 heteroatoms. The summed E-state index contributed by atoms with van der Waals surface area (Å²) < 4.78 is 2.44. The van der Waals surface area contributed by atoms with Crippen LogP contribution in [0.1, 0.15) is 18.2 Å². The second-order valence-corrected chi connectivity index (χ2v) is 6.06. The van der Waals surface area contributed by atoms with Crippen molar-refractivity contribution in [1.29, 1.82) is 0 Å². The average Bonchev–Trinajstić information content (AvgIpc) is 2.85. The largest absolute Gasteiger partial charge is 0.344 e. The van der Waals surface area contributed by atoms with E-state index in [-0.39, 0.29) is 0 Å².